The lowest BCUT2D eigenvalue weighted by Crippen LogP contribution is -2.01. The molecule has 0 aliphatic heterocycles. The fraction of sp³-hybridized carbons (Fsp3) is 0.0500. The summed E-state index contributed by atoms with van der Waals surface area (Å²) < 4.78 is 0. The number of hydrogen-bond acceptors (Lipinski definition) is 9. The summed E-state index contributed by atoms with van der Waals surface area (Å²) in [4.78, 5) is 13.0. The predicted molar refractivity (Wildman–Crippen MR) is 111 cm³/mol. The van der Waals surface area contributed by atoms with Gasteiger partial charge in [-0.3, -0.25) is 4.98 Å². The zero-order valence-corrected chi connectivity index (χ0v) is 15.9. The molecule has 10 nitrogen and oxygen atoms in total. The number of aryl methyl sites for hydroxylation is 1. The summed E-state index contributed by atoms with van der Waals surface area (Å²) in [6.45, 7) is 1.98. The molecule has 0 saturated heterocycles. The van der Waals surface area contributed by atoms with Gasteiger partial charge in [-0.2, -0.15) is 10.5 Å². The lowest BCUT2D eigenvalue weighted by atomic mass is 10.1. The first-order valence-electron chi connectivity index (χ1n) is 8.94. The van der Waals surface area contributed by atoms with Crippen molar-refractivity contribution in [3.63, 3.8) is 0 Å². The number of nitriles is 1. The van der Waals surface area contributed by atoms with E-state index in [0.717, 1.165) is 28.2 Å². The number of nitrogens with zero attached hydrogens (tertiary/aromatic N) is 7. The van der Waals surface area contributed by atoms with Gasteiger partial charge in [-0.05, 0) is 48.0 Å². The maximum atomic E-state index is 9.28. The summed E-state index contributed by atoms with van der Waals surface area (Å²) >= 11 is 0. The first-order valence-corrected chi connectivity index (χ1v) is 8.94. The molecule has 4 aromatic rings. The predicted octanol–water partition coefficient (Wildman–Crippen LogP) is 3.08. The van der Waals surface area contributed by atoms with Gasteiger partial charge in [0.15, 0.2) is 0 Å². The molecular weight excluding hydrogens is 380 g/mol. The Labute approximate surface area is 171 Å². The van der Waals surface area contributed by atoms with Crippen LogP contribution in [0.15, 0.2) is 61.2 Å². The van der Waals surface area contributed by atoms with E-state index in [4.69, 9.17) is 0 Å². The largest absolute Gasteiger partial charge is 0.360 e. The SMILES string of the molecule is Cc1ccc(NC=C(C#N)c2nn[nH]n2)cc1Nc1nccc(-c2cccnc2)n1. The zero-order valence-electron chi connectivity index (χ0n) is 15.9. The van der Waals surface area contributed by atoms with Gasteiger partial charge >= 0.3 is 0 Å². The van der Waals surface area contributed by atoms with Crippen molar-refractivity contribution in [2.45, 2.75) is 6.92 Å². The van der Waals surface area contributed by atoms with Crippen molar-refractivity contribution in [3.8, 4) is 17.3 Å². The number of allylic oxidation sites excluding steroid dienone is 1. The lowest BCUT2D eigenvalue weighted by molar-refractivity contribution is 0.881. The van der Waals surface area contributed by atoms with Crippen LogP contribution in [0.4, 0.5) is 17.3 Å². The third-order valence-corrected chi connectivity index (χ3v) is 4.19. The van der Waals surface area contributed by atoms with Crippen LogP contribution in [0.1, 0.15) is 11.4 Å². The topological polar surface area (TPSA) is 141 Å². The van der Waals surface area contributed by atoms with Gasteiger partial charge in [-0.25, -0.2) is 9.97 Å². The summed E-state index contributed by atoms with van der Waals surface area (Å²) in [5, 5.41) is 29.0. The Morgan fingerprint density at radius 3 is 2.90 bits per heavy atom. The van der Waals surface area contributed by atoms with Crippen molar-refractivity contribution < 1.29 is 0 Å². The molecule has 0 aliphatic carbocycles. The van der Waals surface area contributed by atoms with Crippen LogP contribution in [-0.2, 0) is 0 Å². The molecule has 0 spiro atoms. The quantitative estimate of drug-likeness (QED) is 0.419. The van der Waals surface area contributed by atoms with E-state index in [1.165, 1.54) is 6.20 Å². The molecule has 146 valence electrons. The first-order chi connectivity index (χ1) is 14.7. The molecule has 3 heterocycles. The normalized spacial score (nSPS) is 11.0. The standard InChI is InChI=1S/C20H16N10/c1-13-4-5-16(24-12-15(10-21)19-27-29-30-28-19)9-18(13)26-20-23-8-6-17(25-20)14-3-2-7-22-11-14/h2-9,11-12,24H,1H3,(H,23,25,26)(H,27,28,29,30). The van der Waals surface area contributed by atoms with Crippen LogP contribution in [0, 0.1) is 18.3 Å². The highest BCUT2D eigenvalue weighted by molar-refractivity contribution is 5.75. The molecule has 0 saturated carbocycles. The van der Waals surface area contributed by atoms with Gasteiger partial charge in [0.25, 0.3) is 0 Å². The Bertz CT molecular complexity index is 1210. The fourth-order valence-corrected chi connectivity index (χ4v) is 2.64. The van der Waals surface area contributed by atoms with Crippen LogP contribution in [-0.4, -0.2) is 35.6 Å². The Balaban J connectivity index is 1.55. The van der Waals surface area contributed by atoms with Gasteiger partial charge in [0.1, 0.15) is 11.6 Å². The van der Waals surface area contributed by atoms with Gasteiger partial charge in [-0.15, -0.1) is 10.2 Å². The molecule has 0 aliphatic rings. The number of rotatable bonds is 6. The number of aromatic nitrogens is 7. The third kappa shape index (κ3) is 4.26. The molecule has 10 heteroatoms. The number of benzene rings is 1. The van der Waals surface area contributed by atoms with Gasteiger partial charge in [0.05, 0.1) is 5.69 Å². The number of pyridine rings is 1. The summed E-state index contributed by atoms with van der Waals surface area (Å²) in [6, 6.07) is 13.4. The van der Waals surface area contributed by atoms with E-state index >= 15 is 0 Å². The molecule has 0 atom stereocenters. The molecule has 1 aromatic carbocycles. The second-order valence-corrected chi connectivity index (χ2v) is 6.21. The van der Waals surface area contributed by atoms with E-state index in [0.29, 0.717) is 5.95 Å². The first kappa shape index (κ1) is 18.7. The van der Waals surface area contributed by atoms with E-state index in [9.17, 15) is 5.26 Å². The molecule has 4 rings (SSSR count). The molecule has 0 radical (unpaired) electrons. The van der Waals surface area contributed by atoms with Crippen molar-refractivity contribution in [2.75, 3.05) is 10.6 Å². The molecule has 0 bridgehead atoms. The lowest BCUT2D eigenvalue weighted by Gasteiger charge is -2.11. The summed E-state index contributed by atoms with van der Waals surface area (Å²) in [5.41, 5.74) is 4.54. The third-order valence-electron chi connectivity index (χ3n) is 4.19. The summed E-state index contributed by atoms with van der Waals surface area (Å²) in [7, 11) is 0. The second kappa shape index (κ2) is 8.57. The van der Waals surface area contributed by atoms with Crippen molar-refractivity contribution >= 4 is 22.9 Å². The number of hydrogen-bond donors (Lipinski definition) is 3. The van der Waals surface area contributed by atoms with Crippen LogP contribution in [0.2, 0.25) is 0 Å². The summed E-state index contributed by atoms with van der Waals surface area (Å²) in [6.07, 6.45) is 6.70. The number of tetrazole rings is 1. The Morgan fingerprint density at radius 1 is 1.20 bits per heavy atom. The highest BCUT2D eigenvalue weighted by Crippen LogP contribution is 2.24. The van der Waals surface area contributed by atoms with Crippen molar-refractivity contribution in [1.82, 2.24) is 35.6 Å². The highest BCUT2D eigenvalue weighted by Gasteiger charge is 2.07. The van der Waals surface area contributed by atoms with E-state index < -0.39 is 0 Å². The highest BCUT2D eigenvalue weighted by atomic mass is 15.5. The molecule has 0 amide bonds. The monoisotopic (exact) mass is 396 g/mol. The smallest absolute Gasteiger partial charge is 0.227 e. The number of aromatic amines is 1. The number of anilines is 3. The molecule has 30 heavy (non-hydrogen) atoms. The van der Waals surface area contributed by atoms with Gasteiger partial charge in [0.2, 0.25) is 11.8 Å². The van der Waals surface area contributed by atoms with Crippen LogP contribution >= 0.6 is 0 Å². The molecule has 0 unspecified atom stereocenters. The van der Waals surface area contributed by atoms with Crippen LogP contribution < -0.4 is 10.6 Å². The zero-order chi connectivity index (χ0) is 20.8. The van der Waals surface area contributed by atoms with E-state index in [1.807, 2.05) is 49.4 Å². The number of H-pyrrole nitrogens is 1. The fourth-order valence-electron chi connectivity index (χ4n) is 2.64. The maximum absolute atomic E-state index is 9.28. The minimum atomic E-state index is 0.219. The van der Waals surface area contributed by atoms with Gasteiger partial charge in [-0.1, -0.05) is 6.07 Å². The molecule has 0 fully saturated rings. The minimum absolute atomic E-state index is 0.219. The number of nitrogens with one attached hydrogen (secondary N) is 3. The maximum Gasteiger partial charge on any atom is 0.227 e. The Morgan fingerprint density at radius 2 is 2.13 bits per heavy atom. The molecule has 3 N–H and O–H groups in total. The van der Waals surface area contributed by atoms with Crippen LogP contribution in [0.25, 0.3) is 16.8 Å². The van der Waals surface area contributed by atoms with Crippen molar-refractivity contribution in [2.24, 2.45) is 0 Å². The molecule has 3 aromatic heterocycles. The second-order valence-electron chi connectivity index (χ2n) is 6.21. The van der Waals surface area contributed by atoms with E-state index in [2.05, 4.69) is 46.2 Å². The summed E-state index contributed by atoms with van der Waals surface area (Å²) in [5.74, 6) is 0.688. The van der Waals surface area contributed by atoms with E-state index in [-0.39, 0.29) is 11.4 Å². The van der Waals surface area contributed by atoms with Crippen LogP contribution in [0.5, 0.6) is 0 Å². The van der Waals surface area contributed by atoms with Crippen LogP contribution in [0.3, 0.4) is 0 Å². The average Bonchev–Trinajstić information content (AvgIpc) is 3.32. The van der Waals surface area contributed by atoms with Gasteiger partial charge in [0, 0.05) is 41.7 Å². The van der Waals surface area contributed by atoms with Crippen molar-refractivity contribution in [1.29, 1.82) is 5.26 Å². The Kier molecular flexibility index (Phi) is 5.34. The van der Waals surface area contributed by atoms with Crippen molar-refractivity contribution in [3.05, 3.63) is 72.6 Å². The Hall–Kier alpha value is -4.65. The average molecular weight is 396 g/mol. The molecular formula is C20H16N10. The van der Waals surface area contributed by atoms with Gasteiger partial charge < -0.3 is 10.6 Å². The minimum Gasteiger partial charge on any atom is -0.360 e. The van der Waals surface area contributed by atoms with E-state index in [1.54, 1.807) is 18.6 Å².